The van der Waals surface area contributed by atoms with Crippen molar-refractivity contribution < 1.29 is 14.6 Å². The molecule has 0 radical (unpaired) electrons. The quantitative estimate of drug-likeness (QED) is 0.711. The lowest BCUT2D eigenvalue weighted by molar-refractivity contribution is -0.132. The highest BCUT2D eigenvalue weighted by Gasteiger charge is 2.12. The van der Waals surface area contributed by atoms with Crippen LogP contribution in [0, 0.1) is 0 Å². The summed E-state index contributed by atoms with van der Waals surface area (Å²) in [7, 11) is 1.62. The summed E-state index contributed by atoms with van der Waals surface area (Å²) in [4.78, 5) is 13.7. The van der Waals surface area contributed by atoms with E-state index in [1.54, 1.807) is 12.0 Å². The zero-order chi connectivity index (χ0) is 13.2. The molecule has 0 fully saturated rings. The Labute approximate surface area is 108 Å². The molecule has 1 rings (SSSR count). The summed E-state index contributed by atoms with van der Waals surface area (Å²) in [6.07, 6.45) is 1.17. The third-order valence-corrected chi connectivity index (χ3v) is 2.68. The lowest BCUT2D eigenvalue weighted by Crippen LogP contribution is -2.33. The Morgan fingerprint density at radius 2 is 2.06 bits per heavy atom. The van der Waals surface area contributed by atoms with Gasteiger partial charge in [0.2, 0.25) is 5.91 Å². The van der Waals surface area contributed by atoms with Crippen molar-refractivity contribution in [3.63, 3.8) is 0 Å². The van der Waals surface area contributed by atoms with Crippen LogP contribution in [0.3, 0.4) is 0 Å². The van der Waals surface area contributed by atoms with Gasteiger partial charge >= 0.3 is 0 Å². The van der Waals surface area contributed by atoms with Crippen molar-refractivity contribution in [2.75, 3.05) is 26.9 Å². The molecule has 0 aliphatic heterocycles. The number of rotatable bonds is 8. The lowest BCUT2D eigenvalue weighted by atomic mass is 10.2. The van der Waals surface area contributed by atoms with Gasteiger partial charge in [0.15, 0.2) is 0 Å². The molecular weight excluding hydrogens is 230 g/mol. The molecule has 0 saturated heterocycles. The summed E-state index contributed by atoms with van der Waals surface area (Å²) in [6.45, 7) is 1.50. The number of carbonyl (C=O) groups is 1. The summed E-state index contributed by atoms with van der Waals surface area (Å²) in [5.41, 5.74) is 1.08. The molecule has 18 heavy (non-hydrogen) atoms. The summed E-state index contributed by atoms with van der Waals surface area (Å²) in [5, 5.41) is 9.02. The minimum Gasteiger partial charge on any atom is -0.395 e. The second-order valence-corrected chi connectivity index (χ2v) is 4.12. The van der Waals surface area contributed by atoms with Gasteiger partial charge < -0.3 is 14.7 Å². The maximum Gasteiger partial charge on any atom is 0.223 e. The van der Waals surface area contributed by atoms with Crippen molar-refractivity contribution in [1.82, 2.24) is 4.90 Å². The van der Waals surface area contributed by atoms with Crippen molar-refractivity contribution in [3.05, 3.63) is 35.9 Å². The van der Waals surface area contributed by atoms with Crippen LogP contribution in [0.4, 0.5) is 0 Å². The molecule has 0 bridgehead atoms. The van der Waals surface area contributed by atoms with E-state index in [1.807, 2.05) is 30.3 Å². The molecule has 100 valence electrons. The van der Waals surface area contributed by atoms with Crippen LogP contribution in [0.25, 0.3) is 0 Å². The highest BCUT2D eigenvalue weighted by Crippen LogP contribution is 2.07. The number of ether oxygens (including phenoxy) is 1. The normalized spacial score (nSPS) is 10.3. The predicted molar refractivity (Wildman–Crippen MR) is 70.1 cm³/mol. The van der Waals surface area contributed by atoms with Gasteiger partial charge in [0, 0.05) is 33.2 Å². The highest BCUT2D eigenvalue weighted by molar-refractivity contribution is 5.76. The number of benzene rings is 1. The van der Waals surface area contributed by atoms with Gasteiger partial charge in [-0.1, -0.05) is 30.3 Å². The topological polar surface area (TPSA) is 49.8 Å². The first-order valence-corrected chi connectivity index (χ1v) is 6.19. The molecule has 0 aliphatic carbocycles. The van der Waals surface area contributed by atoms with E-state index >= 15 is 0 Å². The number of nitrogens with zero attached hydrogens (tertiary/aromatic N) is 1. The first-order chi connectivity index (χ1) is 8.77. The van der Waals surface area contributed by atoms with E-state index in [0.29, 0.717) is 32.5 Å². The van der Waals surface area contributed by atoms with E-state index in [4.69, 9.17) is 9.84 Å². The van der Waals surface area contributed by atoms with Crippen molar-refractivity contribution >= 4 is 5.91 Å². The Bertz CT molecular complexity index is 340. The van der Waals surface area contributed by atoms with E-state index in [2.05, 4.69) is 0 Å². The van der Waals surface area contributed by atoms with Gasteiger partial charge in [-0.2, -0.15) is 0 Å². The van der Waals surface area contributed by atoms with Gasteiger partial charge in [-0.3, -0.25) is 4.79 Å². The van der Waals surface area contributed by atoms with E-state index in [9.17, 15) is 4.79 Å². The number of amides is 1. The number of hydrogen-bond donors (Lipinski definition) is 1. The Morgan fingerprint density at radius 1 is 1.33 bits per heavy atom. The van der Waals surface area contributed by atoms with Crippen LogP contribution in [0.5, 0.6) is 0 Å². The maximum absolute atomic E-state index is 12.0. The van der Waals surface area contributed by atoms with Crippen LogP contribution in [0.2, 0.25) is 0 Å². The van der Waals surface area contributed by atoms with Gasteiger partial charge in [-0.15, -0.1) is 0 Å². The van der Waals surface area contributed by atoms with Gasteiger partial charge in [0.25, 0.3) is 0 Å². The molecule has 0 aliphatic rings. The van der Waals surface area contributed by atoms with E-state index in [1.165, 1.54) is 0 Å². The zero-order valence-electron chi connectivity index (χ0n) is 10.8. The van der Waals surface area contributed by atoms with Crippen LogP contribution in [-0.4, -0.2) is 42.8 Å². The van der Waals surface area contributed by atoms with Crippen molar-refractivity contribution in [3.8, 4) is 0 Å². The summed E-state index contributed by atoms with van der Waals surface area (Å²) < 4.78 is 4.93. The SMILES string of the molecule is COCCCC(=O)N(CCO)Cc1ccccc1. The second kappa shape index (κ2) is 8.66. The molecule has 1 aromatic carbocycles. The molecule has 1 N–H and O–H groups in total. The fraction of sp³-hybridized carbons (Fsp3) is 0.500. The van der Waals surface area contributed by atoms with E-state index < -0.39 is 0 Å². The van der Waals surface area contributed by atoms with Crippen LogP contribution in [0.15, 0.2) is 30.3 Å². The Hall–Kier alpha value is -1.39. The van der Waals surface area contributed by atoms with Gasteiger partial charge in [-0.25, -0.2) is 0 Å². The monoisotopic (exact) mass is 251 g/mol. The number of aliphatic hydroxyl groups excluding tert-OH is 1. The summed E-state index contributed by atoms with van der Waals surface area (Å²) in [5.74, 6) is 0.0601. The van der Waals surface area contributed by atoms with Gasteiger partial charge in [-0.05, 0) is 12.0 Å². The molecular formula is C14H21NO3. The molecule has 0 unspecified atom stereocenters. The van der Waals surface area contributed by atoms with E-state index in [-0.39, 0.29) is 12.5 Å². The minimum atomic E-state index is -0.0111. The van der Waals surface area contributed by atoms with Gasteiger partial charge in [0.05, 0.1) is 6.61 Å². The van der Waals surface area contributed by atoms with Crippen molar-refractivity contribution in [2.45, 2.75) is 19.4 Å². The molecule has 0 spiro atoms. The summed E-state index contributed by atoms with van der Waals surface area (Å²) in [6, 6.07) is 9.80. The Morgan fingerprint density at radius 3 is 2.67 bits per heavy atom. The van der Waals surface area contributed by atoms with E-state index in [0.717, 1.165) is 5.56 Å². The highest BCUT2D eigenvalue weighted by atomic mass is 16.5. The smallest absolute Gasteiger partial charge is 0.223 e. The van der Waals surface area contributed by atoms with Crippen LogP contribution in [-0.2, 0) is 16.1 Å². The van der Waals surface area contributed by atoms with Crippen molar-refractivity contribution in [1.29, 1.82) is 0 Å². The molecule has 0 aromatic heterocycles. The second-order valence-electron chi connectivity index (χ2n) is 4.12. The first-order valence-electron chi connectivity index (χ1n) is 6.19. The molecule has 1 amide bonds. The van der Waals surface area contributed by atoms with Crippen molar-refractivity contribution in [2.24, 2.45) is 0 Å². The lowest BCUT2D eigenvalue weighted by Gasteiger charge is -2.22. The molecule has 0 atom stereocenters. The molecule has 1 aromatic rings. The summed E-state index contributed by atoms with van der Waals surface area (Å²) >= 11 is 0. The number of aliphatic hydroxyl groups is 1. The van der Waals surface area contributed by atoms with Crippen LogP contribution < -0.4 is 0 Å². The number of hydrogen-bond acceptors (Lipinski definition) is 3. The molecule has 4 heteroatoms. The third-order valence-electron chi connectivity index (χ3n) is 2.68. The fourth-order valence-electron chi connectivity index (χ4n) is 1.74. The average Bonchev–Trinajstić information content (AvgIpc) is 2.39. The maximum atomic E-state index is 12.0. The molecule has 0 heterocycles. The van der Waals surface area contributed by atoms with Crippen LogP contribution in [0.1, 0.15) is 18.4 Å². The molecule has 0 saturated carbocycles. The fourth-order valence-corrected chi connectivity index (χ4v) is 1.74. The Balaban J connectivity index is 2.50. The third kappa shape index (κ3) is 5.29. The standard InChI is InChI=1S/C14H21NO3/c1-18-11-5-8-14(17)15(9-10-16)12-13-6-3-2-4-7-13/h2-4,6-7,16H,5,8-12H2,1H3. The zero-order valence-corrected chi connectivity index (χ0v) is 10.8. The number of carbonyl (C=O) groups excluding carboxylic acids is 1. The molecule has 4 nitrogen and oxygen atoms in total. The largest absolute Gasteiger partial charge is 0.395 e. The van der Waals surface area contributed by atoms with Crippen LogP contribution >= 0.6 is 0 Å². The number of methoxy groups -OCH3 is 1. The first kappa shape index (κ1) is 14.7. The predicted octanol–water partition coefficient (Wildman–Crippen LogP) is 1.43. The minimum absolute atomic E-state index is 0.0111. The Kier molecular flexibility index (Phi) is 7.06. The van der Waals surface area contributed by atoms with Gasteiger partial charge in [0.1, 0.15) is 0 Å². The average molecular weight is 251 g/mol.